The Hall–Kier alpha value is -3.30. The van der Waals surface area contributed by atoms with Gasteiger partial charge in [0, 0.05) is 6.07 Å². The highest BCUT2D eigenvalue weighted by molar-refractivity contribution is 9.10. The number of halogens is 9. The average Bonchev–Trinajstić information content (AvgIpc) is 2.75. The first-order valence-electron chi connectivity index (χ1n) is 10.9. The molecule has 2 aromatic carbocycles. The van der Waals surface area contributed by atoms with Crippen LogP contribution in [0.15, 0.2) is 38.7 Å². The number of ether oxygens (including phenoxy) is 2. The van der Waals surface area contributed by atoms with E-state index in [0.717, 1.165) is 18.6 Å². The van der Waals surface area contributed by atoms with Crippen molar-refractivity contribution in [2.75, 3.05) is 4.90 Å². The largest absolute Gasteiger partial charge is 0.573 e. The molecule has 1 fully saturated rings. The van der Waals surface area contributed by atoms with Gasteiger partial charge in [-0.15, -0.1) is 13.2 Å². The van der Waals surface area contributed by atoms with Gasteiger partial charge < -0.3 is 20.9 Å². The van der Waals surface area contributed by atoms with Crippen LogP contribution in [0, 0.1) is 11.6 Å². The molecule has 1 saturated carbocycles. The highest BCUT2D eigenvalue weighted by Crippen LogP contribution is 2.49. The number of hydrogen-bond donors (Lipinski definition) is 2. The predicted octanol–water partition coefficient (Wildman–Crippen LogP) is 6.55. The van der Waals surface area contributed by atoms with Crippen molar-refractivity contribution in [2.24, 2.45) is 21.5 Å². The summed E-state index contributed by atoms with van der Waals surface area (Å²) in [6, 6.07) is 1.69. The van der Waals surface area contributed by atoms with E-state index in [1.54, 1.807) is 0 Å². The highest BCUT2D eigenvalue weighted by Gasteiger charge is 2.45. The van der Waals surface area contributed by atoms with Gasteiger partial charge in [0.1, 0.15) is 11.4 Å². The van der Waals surface area contributed by atoms with Crippen molar-refractivity contribution in [3.05, 3.63) is 45.9 Å². The second-order valence-electron chi connectivity index (χ2n) is 8.49. The molecule has 2 aliphatic rings. The fourth-order valence-corrected chi connectivity index (χ4v) is 4.92. The van der Waals surface area contributed by atoms with Crippen LogP contribution in [-0.2, 0) is 6.18 Å². The minimum absolute atomic E-state index is 0.0253. The van der Waals surface area contributed by atoms with Gasteiger partial charge in [0.05, 0.1) is 15.7 Å². The predicted molar refractivity (Wildman–Crippen MR) is 124 cm³/mol. The number of hydrogen-bond acceptors (Lipinski definition) is 7. The lowest BCUT2D eigenvalue weighted by atomic mass is 9.87. The van der Waals surface area contributed by atoms with Crippen LogP contribution in [0.5, 0.6) is 17.2 Å². The third kappa shape index (κ3) is 5.59. The molecule has 0 aromatic heterocycles. The van der Waals surface area contributed by atoms with E-state index in [0.29, 0.717) is 25.7 Å². The minimum atomic E-state index is -5.11. The summed E-state index contributed by atoms with van der Waals surface area (Å²) in [7, 11) is 0. The third-order valence-corrected chi connectivity index (χ3v) is 6.44. The van der Waals surface area contributed by atoms with Crippen molar-refractivity contribution in [3.8, 4) is 17.2 Å². The van der Waals surface area contributed by atoms with E-state index in [2.05, 4.69) is 30.7 Å². The first-order valence-corrected chi connectivity index (χ1v) is 11.7. The Labute approximate surface area is 218 Å². The summed E-state index contributed by atoms with van der Waals surface area (Å²) in [5.74, 6) is -6.41. The Morgan fingerprint density at radius 2 is 1.50 bits per heavy atom. The molecule has 4 rings (SSSR count). The van der Waals surface area contributed by atoms with Crippen molar-refractivity contribution in [1.29, 1.82) is 0 Å². The molecule has 1 aliphatic heterocycles. The summed E-state index contributed by atoms with van der Waals surface area (Å²) >= 11 is 3.00. The lowest BCUT2D eigenvalue weighted by molar-refractivity contribution is -0.274. The molecule has 0 radical (unpaired) electrons. The maximum Gasteiger partial charge on any atom is 0.573 e. The normalized spacial score (nSPS) is 17.8. The Kier molecular flexibility index (Phi) is 7.14. The summed E-state index contributed by atoms with van der Waals surface area (Å²) in [5, 5.41) is 0. The Morgan fingerprint density at radius 1 is 0.895 bits per heavy atom. The number of anilines is 1. The van der Waals surface area contributed by atoms with Crippen molar-refractivity contribution in [3.63, 3.8) is 0 Å². The van der Waals surface area contributed by atoms with Gasteiger partial charge in [-0.2, -0.15) is 18.2 Å². The lowest BCUT2D eigenvalue weighted by Crippen LogP contribution is -2.58. The van der Waals surface area contributed by atoms with Crippen LogP contribution in [0.4, 0.5) is 40.8 Å². The molecule has 206 valence electrons. The monoisotopic (exact) mass is 615 g/mol. The number of nitrogens with two attached hydrogens (primary N) is 2. The fraction of sp³-hybridized carbons (Fsp3) is 0.364. The smallest absolute Gasteiger partial charge is 0.448 e. The van der Waals surface area contributed by atoms with Crippen LogP contribution in [0.25, 0.3) is 0 Å². The van der Waals surface area contributed by atoms with Crippen molar-refractivity contribution < 1.29 is 44.6 Å². The van der Waals surface area contributed by atoms with E-state index in [-0.39, 0.29) is 34.2 Å². The van der Waals surface area contributed by atoms with E-state index in [9.17, 15) is 35.1 Å². The van der Waals surface area contributed by atoms with Crippen molar-refractivity contribution in [1.82, 2.24) is 0 Å². The zero-order chi connectivity index (χ0) is 28.0. The molecule has 2 aromatic rings. The molecule has 38 heavy (non-hydrogen) atoms. The fourth-order valence-electron chi connectivity index (χ4n) is 4.41. The zero-order valence-electron chi connectivity index (χ0n) is 19.1. The summed E-state index contributed by atoms with van der Waals surface area (Å²) in [6.45, 7) is 0. The first-order chi connectivity index (χ1) is 17.6. The van der Waals surface area contributed by atoms with Gasteiger partial charge in [-0.1, -0.05) is 6.42 Å². The number of benzene rings is 2. The molecule has 1 aliphatic carbocycles. The van der Waals surface area contributed by atoms with Crippen LogP contribution in [-0.4, -0.2) is 23.9 Å². The van der Waals surface area contributed by atoms with Gasteiger partial charge in [-0.25, -0.2) is 13.8 Å². The molecule has 0 unspecified atom stereocenters. The molecule has 0 bridgehead atoms. The average molecular weight is 616 g/mol. The lowest BCUT2D eigenvalue weighted by Gasteiger charge is -2.46. The van der Waals surface area contributed by atoms with E-state index in [1.807, 2.05) is 0 Å². The standard InChI is InChI=1S/C22H18BrF8N5O2/c23-12-8-11(38-22(29,30)31)9-15(36-19(33)34-18(32)35-20(36)4-2-1-3-5-20)16(12)37-17-13(24)6-10(7-14(17)25)21(26,27)28/h6-9H,1-5H2,(H4,32,33,34,35). The van der Waals surface area contributed by atoms with Crippen LogP contribution in [0.2, 0.25) is 0 Å². The third-order valence-electron chi connectivity index (χ3n) is 5.85. The van der Waals surface area contributed by atoms with E-state index in [1.165, 1.54) is 4.90 Å². The summed E-state index contributed by atoms with van der Waals surface area (Å²) in [6.07, 6.45) is -7.45. The van der Waals surface area contributed by atoms with Gasteiger partial charge in [0.15, 0.2) is 23.1 Å². The maximum atomic E-state index is 14.7. The molecule has 1 spiro atoms. The molecule has 0 amide bonds. The molecular weight excluding hydrogens is 598 g/mol. The Morgan fingerprint density at radius 3 is 2.05 bits per heavy atom. The second kappa shape index (κ2) is 9.78. The number of nitrogens with zero attached hydrogens (tertiary/aromatic N) is 3. The summed E-state index contributed by atoms with van der Waals surface area (Å²) in [4.78, 5) is 9.48. The van der Waals surface area contributed by atoms with Crippen LogP contribution in [0.1, 0.15) is 37.7 Å². The van der Waals surface area contributed by atoms with E-state index < -0.39 is 52.6 Å². The topological polar surface area (TPSA) is 98.5 Å². The number of rotatable bonds is 4. The van der Waals surface area contributed by atoms with Crippen LogP contribution < -0.4 is 25.8 Å². The molecule has 0 saturated heterocycles. The summed E-state index contributed by atoms with van der Waals surface area (Å²) < 4.78 is 117. The zero-order valence-corrected chi connectivity index (χ0v) is 20.6. The van der Waals surface area contributed by atoms with Crippen molar-refractivity contribution >= 4 is 33.5 Å². The van der Waals surface area contributed by atoms with E-state index in [4.69, 9.17) is 16.2 Å². The molecule has 1 heterocycles. The first kappa shape index (κ1) is 27.7. The summed E-state index contributed by atoms with van der Waals surface area (Å²) in [5.41, 5.74) is 8.80. The molecular formula is C22H18BrF8N5O2. The van der Waals surface area contributed by atoms with Crippen molar-refractivity contribution in [2.45, 2.75) is 50.3 Å². The number of guanidine groups is 2. The Balaban J connectivity index is 1.91. The van der Waals surface area contributed by atoms with Crippen LogP contribution in [0.3, 0.4) is 0 Å². The maximum absolute atomic E-state index is 14.7. The van der Waals surface area contributed by atoms with Gasteiger partial charge in [0.25, 0.3) is 0 Å². The van der Waals surface area contributed by atoms with Crippen LogP contribution >= 0.6 is 15.9 Å². The minimum Gasteiger partial charge on any atom is -0.448 e. The molecule has 4 N–H and O–H groups in total. The second-order valence-corrected chi connectivity index (χ2v) is 9.34. The number of aliphatic imine (C=N–C) groups is 2. The molecule has 16 heteroatoms. The SMILES string of the molecule is NC1=NC2(CCCCC2)N(c2cc(OC(F)(F)F)cc(Br)c2Oc2c(F)cc(C(F)(F)F)cc2F)C(N)=N1. The quantitative estimate of drug-likeness (QED) is 0.380. The number of alkyl halides is 6. The van der Waals surface area contributed by atoms with Gasteiger partial charge in [-0.05, 0) is 59.8 Å². The van der Waals surface area contributed by atoms with Gasteiger partial charge >= 0.3 is 12.5 Å². The van der Waals surface area contributed by atoms with Gasteiger partial charge in [0.2, 0.25) is 11.9 Å². The molecule has 7 nitrogen and oxygen atoms in total. The molecule has 0 atom stereocenters. The highest BCUT2D eigenvalue weighted by atomic mass is 79.9. The van der Waals surface area contributed by atoms with Gasteiger partial charge in [-0.3, -0.25) is 4.90 Å². The Bertz CT molecular complexity index is 1280. The van der Waals surface area contributed by atoms with E-state index >= 15 is 0 Å².